The van der Waals surface area contributed by atoms with E-state index in [2.05, 4.69) is 30.1 Å². The van der Waals surface area contributed by atoms with Crippen LogP contribution in [0.2, 0.25) is 0 Å². The van der Waals surface area contributed by atoms with E-state index in [9.17, 15) is 9.59 Å². The molecule has 2 aliphatic rings. The molecule has 0 unspecified atom stereocenters. The number of nitrogens with one attached hydrogen (secondary N) is 1. The minimum atomic E-state index is -0.394. The van der Waals surface area contributed by atoms with Gasteiger partial charge in [0, 0.05) is 32.7 Å². The first kappa shape index (κ1) is 19.7. The summed E-state index contributed by atoms with van der Waals surface area (Å²) in [6, 6.07) is 3.65. The minimum Gasteiger partial charge on any atom is -0.496 e. The number of nitrogens with zero attached hydrogens (tertiary/aromatic N) is 2. The maximum atomic E-state index is 12.7. The van der Waals surface area contributed by atoms with E-state index in [1.807, 2.05) is 11.0 Å². The minimum absolute atomic E-state index is 0.0329. The molecule has 2 saturated heterocycles. The number of hydrogen-bond acceptors (Lipinski definition) is 4. The number of ether oxygens (including phenoxy) is 1. The fourth-order valence-electron chi connectivity index (χ4n) is 4.07. The third-order valence-corrected chi connectivity index (χ3v) is 5.96. The molecule has 1 atom stereocenters. The van der Waals surface area contributed by atoms with Crippen LogP contribution in [0.4, 0.5) is 0 Å². The van der Waals surface area contributed by atoms with Gasteiger partial charge in [0.25, 0.3) is 0 Å². The van der Waals surface area contributed by atoms with Crippen molar-refractivity contribution in [2.45, 2.75) is 52.1 Å². The highest BCUT2D eigenvalue weighted by molar-refractivity contribution is 5.88. The zero-order chi connectivity index (χ0) is 19.4. The molecule has 0 bridgehead atoms. The Labute approximate surface area is 161 Å². The normalized spacial score (nSPS) is 21.1. The summed E-state index contributed by atoms with van der Waals surface area (Å²) in [5.41, 5.74) is 3.48. The van der Waals surface area contributed by atoms with E-state index in [-0.39, 0.29) is 18.2 Å². The fraction of sp³-hybridized carbons (Fsp3) is 0.619. The number of rotatable bonds is 5. The number of benzene rings is 1. The van der Waals surface area contributed by atoms with E-state index >= 15 is 0 Å². The van der Waals surface area contributed by atoms with Crippen molar-refractivity contribution in [1.82, 2.24) is 15.1 Å². The molecular weight excluding hydrogens is 342 g/mol. The lowest BCUT2D eigenvalue weighted by molar-refractivity contribution is -0.139. The number of amides is 2. The number of carbonyl (C=O) groups is 2. The Balaban J connectivity index is 1.73. The average Bonchev–Trinajstić information content (AvgIpc) is 2.69. The molecule has 0 radical (unpaired) electrons. The first-order valence-corrected chi connectivity index (χ1v) is 9.94. The van der Waals surface area contributed by atoms with Crippen LogP contribution in [0.15, 0.2) is 12.1 Å². The molecule has 27 heavy (non-hydrogen) atoms. The maximum absolute atomic E-state index is 12.7. The van der Waals surface area contributed by atoms with E-state index in [0.717, 1.165) is 43.8 Å². The predicted octanol–water partition coefficient (Wildman–Crippen LogP) is 2.02. The molecule has 0 saturated carbocycles. The van der Waals surface area contributed by atoms with E-state index < -0.39 is 6.04 Å². The van der Waals surface area contributed by atoms with Crippen molar-refractivity contribution in [1.29, 1.82) is 0 Å². The first-order valence-electron chi connectivity index (χ1n) is 9.94. The van der Waals surface area contributed by atoms with Crippen molar-refractivity contribution < 1.29 is 14.3 Å². The summed E-state index contributed by atoms with van der Waals surface area (Å²) in [4.78, 5) is 29.3. The summed E-state index contributed by atoms with van der Waals surface area (Å²) >= 11 is 0. The maximum Gasteiger partial charge on any atom is 0.237 e. The molecule has 0 aliphatic carbocycles. The van der Waals surface area contributed by atoms with Gasteiger partial charge in [0.15, 0.2) is 0 Å². The monoisotopic (exact) mass is 373 g/mol. The second-order valence-corrected chi connectivity index (χ2v) is 7.60. The van der Waals surface area contributed by atoms with Crippen molar-refractivity contribution in [2.24, 2.45) is 0 Å². The summed E-state index contributed by atoms with van der Waals surface area (Å²) in [6.07, 6.45) is 3.59. The van der Waals surface area contributed by atoms with Gasteiger partial charge < -0.3 is 15.0 Å². The molecule has 1 N–H and O–H groups in total. The van der Waals surface area contributed by atoms with Gasteiger partial charge in [-0.1, -0.05) is 6.07 Å². The molecule has 0 spiro atoms. The first-order chi connectivity index (χ1) is 13.0. The lowest BCUT2D eigenvalue weighted by atomic mass is 9.99. The van der Waals surface area contributed by atoms with Gasteiger partial charge in [-0.05, 0) is 55.9 Å². The molecular formula is C21H31N3O3. The second-order valence-electron chi connectivity index (χ2n) is 7.60. The molecule has 0 aromatic heterocycles. The zero-order valence-electron chi connectivity index (χ0n) is 16.7. The van der Waals surface area contributed by atoms with Gasteiger partial charge in [-0.25, -0.2) is 0 Å². The summed E-state index contributed by atoms with van der Waals surface area (Å²) in [6.45, 7) is 7.84. The van der Waals surface area contributed by atoms with E-state index in [0.29, 0.717) is 13.1 Å². The Bertz CT molecular complexity index is 698. The van der Waals surface area contributed by atoms with Crippen LogP contribution in [0.3, 0.4) is 0 Å². The van der Waals surface area contributed by atoms with E-state index in [1.54, 1.807) is 7.11 Å². The van der Waals surface area contributed by atoms with Crippen molar-refractivity contribution >= 4 is 11.8 Å². The third-order valence-electron chi connectivity index (χ3n) is 5.96. The van der Waals surface area contributed by atoms with Gasteiger partial charge in [0.05, 0.1) is 19.6 Å². The SMILES string of the molecule is COc1ccc(CN2CCNC(=O)[C@@H]2CC(=O)N2CCCCC2)c(C)c1C. The zero-order valence-corrected chi connectivity index (χ0v) is 16.7. The quantitative estimate of drug-likeness (QED) is 0.858. The van der Waals surface area contributed by atoms with Gasteiger partial charge in [0.1, 0.15) is 5.75 Å². The van der Waals surface area contributed by atoms with Gasteiger partial charge in [-0.2, -0.15) is 0 Å². The molecule has 2 fully saturated rings. The lowest BCUT2D eigenvalue weighted by Crippen LogP contribution is -2.56. The van der Waals surface area contributed by atoms with Crippen molar-refractivity contribution in [3.05, 3.63) is 28.8 Å². The van der Waals surface area contributed by atoms with Crippen LogP contribution in [-0.2, 0) is 16.1 Å². The predicted molar refractivity (Wildman–Crippen MR) is 105 cm³/mol. The highest BCUT2D eigenvalue weighted by Gasteiger charge is 2.33. The summed E-state index contributed by atoms with van der Waals surface area (Å²) in [7, 11) is 1.68. The van der Waals surface area contributed by atoms with Gasteiger partial charge in [-0.3, -0.25) is 14.5 Å². The molecule has 3 rings (SSSR count). The fourth-order valence-corrected chi connectivity index (χ4v) is 4.07. The smallest absolute Gasteiger partial charge is 0.237 e. The average molecular weight is 373 g/mol. The Morgan fingerprint density at radius 3 is 2.59 bits per heavy atom. The van der Waals surface area contributed by atoms with Crippen LogP contribution in [0.25, 0.3) is 0 Å². The van der Waals surface area contributed by atoms with Crippen LogP contribution in [0.1, 0.15) is 42.4 Å². The van der Waals surface area contributed by atoms with Gasteiger partial charge in [0.2, 0.25) is 11.8 Å². The van der Waals surface area contributed by atoms with E-state index in [1.165, 1.54) is 17.5 Å². The van der Waals surface area contributed by atoms with Gasteiger partial charge >= 0.3 is 0 Å². The Hall–Kier alpha value is -2.08. The molecule has 2 aliphatic heterocycles. The van der Waals surface area contributed by atoms with Crippen LogP contribution < -0.4 is 10.1 Å². The molecule has 2 heterocycles. The molecule has 2 amide bonds. The second kappa shape index (κ2) is 8.74. The number of piperazine rings is 1. The van der Waals surface area contributed by atoms with Crippen LogP contribution >= 0.6 is 0 Å². The molecule has 1 aromatic rings. The summed E-state index contributed by atoms with van der Waals surface area (Å²) in [5, 5.41) is 2.93. The Morgan fingerprint density at radius 2 is 1.89 bits per heavy atom. The van der Waals surface area contributed by atoms with Crippen molar-refractivity contribution in [3.8, 4) is 5.75 Å². The number of piperidine rings is 1. The summed E-state index contributed by atoms with van der Waals surface area (Å²) in [5.74, 6) is 0.948. The molecule has 148 valence electrons. The third kappa shape index (κ3) is 4.43. The molecule has 6 heteroatoms. The largest absolute Gasteiger partial charge is 0.496 e. The highest BCUT2D eigenvalue weighted by atomic mass is 16.5. The van der Waals surface area contributed by atoms with E-state index in [4.69, 9.17) is 4.74 Å². The number of likely N-dealkylation sites (tertiary alicyclic amines) is 1. The van der Waals surface area contributed by atoms with Gasteiger partial charge in [-0.15, -0.1) is 0 Å². The number of methoxy groups -OCH3 is 1. The van der Waals surface area contributed by atoms with Crippen LogP contribution in [0.5, 0.6) is 5.75 Å². The highest BCUT2D eigenvalue weighted by Crippen LogP contribution is 2.26. The van der Waals surface area contributed by atoms with Crippen LogP contribution in [-0.4, -0.2) is 60.9 Å². The summed E-state index contributed by atoms with van der Waals surface area (Å²) < 4.78 is 5.40. The lowest BCUT2D eigenvalue weighted by Gasteiger charge is -2.36. The van der Waals surface area contributed by atoms with Crippen molar-refractivity contribution in [2.75, 3.05) is 33.3 Å². The Morgan fingerprint density at radius 1 is 1.15 bits per heavy atom. The number of carbonyl (C=O) groups excluding carboxylic acids is 2. The molecule has 6 nitrogen and oxygen atoms in total. The molecule has 1 aromatic carbocycles. The standard InChI is InChI=1S/C21H31N3O3/c1-15-16(2)19(27-3)8-7-17(15)14-24-12-9-22-21(26)18(24)13-20(25)23-10-5-4-6-11-23/h7-8,18H,4-6,9-14H2,1-3H3,(H,22,26)/t18-/m0/s1. The topological polar surface area (TPSA) is 61.9 Å². The number of hydrogen-bond donors (Lipinski definition) is 1. The Kier molecular flexibility index (Phi) is 6.37. The van der Waals surface area contributed by atoms with Crippen molar-refractivity contribution in [3.63, 3.8) is 0 Å². The van der Waals surface area contributed by atoms with Crippen LogP contribution in [0, 0.1) is 13.8 Å².